The fourth-order valence-corrected chi connectivity index (χ4v) is 3.52. The first kappa shape index (κ1) is 18.4. The van der Waals surface area contributed by atoms with Crippen molar-refractivity contribution >= 4 is 22.4 Å². The molecule has 1 fully saturated rings. The molecule has 9 heteroatoms. The third-order valence-electron chi connectivity index (χ3n) is 3.60. The summed E-state index contributed by atoms with van der Waals surface area (Å²) in [5, 5.41) is 7.33. The van der Waals surface area contributed by atoms with Gasteiger partial charge in [0.1, 0.15) is 4.90 Å². The highest BCUT2D eigenvalue weighted by Gasteiger charge is 2.34. The van der Waals surface area contributed by atoms with Crippen LogP contribution in [-0.4, -0.2) is 50.5 Å². The average Bonchev–Trinajstić information content (AvgIpc) is 3.07. The van der Waals surface area contributed by atoms with Crippen LogP contribution in [0.3, 0.4) is 0 Å². The lowest BCUT2D eigenvalue weighted by Crippen LogP contribution is -2.52. The molecule has 1 aliphatic heterocycles. The number of aryl methyl sites for hydroxylation is 1. The van der Waals surface area contributed by atoms with Crippen molar-refractivity contribution in [3.05, 3.63) is 12.4 Å². The van der Waals surface area contributed by atoms with Crippen LogP contribution < -0.4 is 10.0 Å². The predicted octanol–water partition coefficient (Wildman–Crippen LogP) is 0.372. The van der Waals surface area contributed by atoms with Crippen molar-refractivity contribution in [1.82, 2.24) is 19.8 Å². The van der Waals surface area contributed by atoms with E-state index in [0.29, 0.717) is 19.7 Å². The maximum absolute atomic E-state index is 12.2. The molecule has 1 aliphatic rings. The minimum atomic E-state index is -3.52. The number of aromatic nitrogens is 2. The number of rotatable bonds is 7. The van der Waals surface area contributed by atoms with Gasteiger partial charge in [-0.25, -0.2) is 13.1 Å². The normalized spacial score (nSPS) is 22.2. The summed E-state index contributed by atoms with van der Waals surface area (Å²) in [6.45, 7) is 4.25. The number of nitrogens with one attached hydrogen (secondary N) is 2. The number of ether oxygens (including phenoxy) is 1. The summed E-state index contributed by atoms with van der Waals surface area (Å²) in [5.41, 5.74) is -0.303. The van der Waals surface area contributed by atoms with Crippen molar-refractivity contribution in [3.63, 3.8) is 0 Å². The molecule has 2 N–H and O–H groups in total. The highest BCUT2D eigenvalue weighted by atomic mass is 35.5. The number of methoxy groups -OCH3 is 1. The maximum atomic E-state index is 12.2. The van der Waals surface area contributed by atoms with Crippen LogP contribution in [0.4, 0.5) is 0 Å². The van der Waals surface area contributed by atoms with Gasteiger partial charge in [0.2, 0.25) is 10.0 Å². The summed E-state index contributed by atoms with van der Waals surface area (Å²) >= 11 is 0. The average molecular weight is 339 g/mol. The molecule has 0 spiro atoms. The van der Waals surface area contributed by atoms with Crippen molar-refractivity contribution < 1.29 is 13.2 Å². The molecular formula is C12H23ClN4O3S. The van der Waals surface area contributed by atoms with Crippen LogP contribution in [-0.2, 0) is 21.3 Å². The minimum Gasteiger partial charge on any atom is -0.383 e. The van der Waals surface area contributed by atoms with Gasteiger partial charge in [-0.1, -0.05) is 0 Å². The number of hydrogen-bond acceptors (Lipinski definition) is 5. The Morgan fingerprint density at radius 3 is 2.86 bits per heavy atom. The van der Waals surface area contributed by atoms with E-state index in [1.807, 2.05) is 6.92 Å². The van der Waals surface area contributed by atoms with Gasteiger partial charge < -0.3 is 10.1 Å². The van der Waals surface area contributed by atoms with E-state index in [9.17, 15) is 8.42 Å². The third kappa shape index (κ3) is 4.40. The second-order valence-corrected chi connectivity index (χ2v) is 6.87. The van der Waals surface area contributed by atoms with E-state index in [1.54, 1.807) is 11.8 Å². The second kappa shape index (κ2) is 7.55. The van der Waals surface area contributed by atoms with Gasteiger partial charge in [0, 0.05) is 26.4 Å². The maximum Gasteiger partial charge on any atom is 0.243 e. The molecule has 1 atom stereocenters. The quantitative estimate of drug-likeness (QED) is 0.750. The fraction of sp³-hybridized carbons (Fsp3) is 0.750. The number of sulfonamides is 1. The Labute approximate surface area is 131 Å². The summed E-state index contributed by atoms with van der Waals surface area (Å²) in [4.78, 5) is 0.199. The molecule has 1 saturated heterocycles. The van der Waals surface area contributed by atoms with Gasteiger partial charge in [0.15, 0.2) is 0 Å². The highest BCUT2D eigenvalue weighted by Crippen LogP contribution is 2.19. The summed E-state index contributed by atoms with van der Waals surface area (Å²) in [7, 11) is -1.90. The van der Waals surface area contributed by atoms with Crippen LogP contribution >= 0.6 is 12.4 Å². The van der Waals surface area contributed by atoms with Gasteiger partial charge in [-0.15, -0.1) is 12.4 Å². The molecule has 0 aliphatic carbocycles. The Kier molecular flexibility index (Phi) is 6.61. The first-order chi connectivity index (χ1) is 9.51. The van der Waals surface area contributed by atoms with Crippen LogP contribution in [0.15, 0.2) is 17.3 Å². The molecule has 2 heterocycles. The Balaban J connectivity index is 0.00000220. The van der Waals surface area contributed by atoms with Crippen LogP contribution in [0.1, 0.15) is 19.8 Å². The highest BCUT2D eigenvalue weighted by molar-refractivity contribution is 7.89. The predicted molar refractivity (Wildman–Crippen MR) is 82.2 cm³/mol. The van der Waals surface area contributed by atoms with E-state index in [0.717, 1.165) is 19.4 Å². The van der Waals surface area contributed by atoms with Gasteiger partial charge in [-0.2, -0.15) is 5.10 Å². The molecule has 1 aromatic rings. The lowest BCUT2D eigenvalue weighted by Gasteiger charge is -2.28. The fourth-order valence-electron chi connectivity index (χ4n) is 2.44. The van der Waals surface area contributed by atoms with Crippen LogP contribution in [0.5, 0.6) is 0 Å². The zero-order valence-corrected chi connectivity index (χ0v) is 14.0. The molecule has 21 heavy (non-hydrogen) atoms. The summed E-state index contributed by atoms with van der Waals surface area (Å²) in [6, 6.07) is 0. The molecule has 122 valence electrons. The molecular weight excluding hydrogens is 316 g/mol. The van der Waals surface area contributed by atoms with Crippen molar-refractivity contribution in [3.8, 4) is 0 Å². The minimum absolute atomic E-state index is 0. The second-order valence-electron chi connectivity index (χ2n) is 5.10. The lowest BCUT2D eigenvalue weighted by atomic mass is 9.99. The molecule has 0 radical (unpaired) electrons. The number of hydrogen-bond donors (Lipinski definition) is 2. The number of nitrogens with zero attached hydrogens (tertiary/aromatic N) is 2. The molecule has 0 bridgehead atoms. The standard InChI is InChI=1S/C12H22N4O3S.ClH/c1-3-16-8-11(7-14-16)20(17,18)15-9-12(10-19-2)5-4-6-13-12;/h7-8,13,15H,3-6,9-10H2,1-2H3;1H. The smallest absolute Gasteiger partial charge is 0.243 e. The van der Waals surface area contributed by atoms with Crippen molar-refractivity contribution in [2.45, 2.75) is 36.7 Å². The van der Waals surface area contributed by atoms with E-state index < -0.39 is 10.0 Å². The molecule has 7 nitrogen and oxygen atoms in total. The Hall–Kier alpha value is -0.670. The molecule has 1 aromatic heterocycles. The lowest BCUT2D eigenvalue weighted by molar-refractivity contribution is 0.122. The Morgan fingerprint density at radius 1 is 1.57 bits per heavy atom. The summed E-state index contributed by atoms with van der Waals surface area (Å²) in [5.74, 6) is 0. The zero-order valence-electron chi connectivity index (χ0n) is 12.3. The van der Waals surface area contributed by atoms with Crippen molar-refractivity contribution in [2.75, 3.05) is 26.8 Å². The van der Waals surface area contributed by atoms with Crippen LogP contribution in [0.2, 0.25) is 0 Å². The molecule has 0 saturated carbocycles. The summed E-state index contributed by atoms with van der Waals surface area (Å²) < 4.78 is 33.9. The van der Waals surface area contributed by atoms with E-state index in [4.69, 9.17) is 4.74 Å². The van der Waals surface area contributed by atoms with Gasteiger partial charge in [-0.3, -0.25) is 4.68 Å². The monoisotopic (exact) mass is 338 g/mol. The van der Waals surface area contributed by atoms with Crippen molar-refractivity contribution in [2.24, 2.45) is 0 Å². The zero-order chi connectivity index (χ0) is 14.6. The van der Waals surface area contributed by atoms with Crippen molar-refractivity contribution in [1.29, 1.82) is 0 Å². The van der Waals surface area contributed by atoms with Gasteiger partial charge >= 0.3 is 0 Å². The first-order valence-electron chi connectivity index (χ1n) is 6.77. The van der Waals surface area contributed by atoms with Gasteiger partial charge in [-0.05, 0) is 26.3 Å². The molecule has 1 unspecified atom stereocenters. The summed E-state index contributed by atoms with van der Waals surface area (Å²) in [6.07, 6.45) is 4.83. The van der Waals surface area contributed by atoms with E-state index in [2.05, 4.69) is 15.1 Å². The Morgan fingerprint density at radius 2 is 2.33 bits per heavy atom. The van der Waals surface area contributed by atoms with E-state index >= 15 is 0 Å². The SMILES string of the molecule is CCn1cc(S(=O)(=O)NCC2(COC)CCCN2)cn1.Cl. The van der Waals surface area contributed by atoms with Crippen LogP contribution in [0, 0.1) is 0 Å². The van der Waals surface area contributed by atoms with Crippen LogP contribution in [0.25, 0.3) is 0 Å². The number of halogens is 1. The largest absolute Gasteiger partial charge is 0.383 e. The van der Waals surface area contributed by atoms with E-state index in [-0.39, 0.29) is 22.8 Å². The Bertz CT molecular complexity index is 540. The third-order valence-corrected chi connectivity index (χ3v) is 4.95. The molecule has 0 aromatic carbocycles. The molecule has 2 rings (SSSR count). The van der Waals surface area contributed by atoms with Gasteiger partial charge in [0.05, 0.1) is 18.3 Å². The molecule has 0 amide bonds. The van der Waals surface area contributed by atoms with Gasteiger partial charge in [0.25, 0.3) is 0 Å². The topological polar surface area (TPSA) is 85.2 Å². The first-order valence-corrected chi connectivity index (χ1v) is 8.26. The van der Waals surface area contributed by atoms with E-state index in [1.165, 1.54) is 12.4 Å².